The second-order valence-electron chi connectivity index (χ2n) is 3.70. The zero-order chi connectivity index (χ0) is 10.2. The van der Waals surface area contributed by atoms with Crippen LogP contribution in [-0.2, 0) is 4.74 Å². The Morgan fingerprint density at radius 1 is 1.71 bits per heavy atom. The lowest BCUT2D eigenvalue weighted by Gasteiger charge is -2.23. The summed E-state index contributed by atoms with van der Waals surface area (Å²) in [7, 11) is 0. The predicted molar refractivity (Wildman–Crippen MR) is 60.2 cm³/mol. The molecular weight excluding hydrogens is 174 g/mol. The number of ether oxygens (including phenoxy) is 1. The van der Waals surface area contributed by atoms with Gasteiger partial charge in [-0.15, -0.1) is 6.58 Å². The molecule has 0 radical (unpaired) electrons. The summed E-state index contributed by atoms with van der Waals surface area (Å²) in [6.07, 6.45) is 8.38. The third-order valence-electron chi connectivity index (χ3n) is 2.45. The van der Waals surface area contributed by atoms with Crippen LogP contribution in [0.1, 0.15) is 32.6 Å². The molecule has 1 heterocycles. The fourth-order valence-corrected chi connectivity index (χ4v) is 1.69. The maximum absolute atomic E-state index is 5.35. The second-order valence-corrected chi connectivity index (χ2v) is 3.70. The summed E-state index contributed by atoms with van der Waals surface area (Å²) >= 11 is 0. The van der Waals surface area contributed by atoms with Gasteiger partial charge in [-0.2, -0.15) is 0 Å². The lowest BCUT2D eigenvalue weighted by Crippen LogP contribution is -2.32. The molecule has 0 aromatic heterocycles. The highest BCUT2D eigenvalue weighted by Crippen LogP contribution is 2.18. The molecule has 1 atom stereocenters. The summed E-state index contributed by atoms with van der Waals surface area (Å²) in [5.74, 6) is 0. The highest BCUT2D eigenvalue weighted by molar-refractivity contribution is 5.11. The van der Waals surface area contributed by atoms with Crippen LogP contribution >= 0.6 is 0 Å². The first-order valence-electron chi connectivity index (χ1n) is 5.53. The molecule has 0 aromatic carbocycles. The van der Waals surface area contributed by atoms with Gasteiger partial charge in [0.1, 0.15) is 0 Å². The largest absolute Gasteiger partial charge is 0.501 e. The molecule has 0 fully saturated rings. The molecule has 14 heavy (non-hydrogen) atoms. The van der Waals surface area contributed by atoms with E-state index in [1.165, 1.54) is 12.0 Å². The van der Waals surface area contributed by atoms with Crippen molar-refractivity contribution in [1.29, 1.82) is 0 Å². The van der Waals surface area contributed by atoms with Gasteiger partial charge in [0.15, 0.2) is 0 Å². The van der Waals surface area contributed by atoms with E-state index in [0.717, 1.165) is 32.4 Å². The Hall–Kier alpha value is -0.760. The van der Waals surface area contributed by atoms with E-state index in [1.54, 1.807) is 0 Å². The van der Waals surface area contributed by atoms with Crippen LogP contribution in [0.5, 0.6) is 0 Å². The van der Waals surface area contributed by atoms with Gasteiger partial charge >= 0.3 is 0 Å². The molecule has 0 saturated heterocycles. The molecule has 0 spiro atoms. The molecular formula is C12H21NO. The van der Waals surface area contributed by atoms with E-state index in [4.69, 9.17) is 4.74 Å². The standard InChI is InChI=1S/C12H21NO/c1-3-6-12(13-8-4-2)11-7-5-9-14-10-11/h3,10,12-13H,1,4-9H2,2H3. The third-order valence-corrected chi connectivity index (χ3v) is 2.45. The van der Waals surface area contributed by atoms with Gasteiger partial charge in [-0.25, -0.2) is 0 Å². The molecule has 0 aliphatic carbocycles. The van der Waals surface area contributed by atoms with Crippen molar-refractivity contribution < 1.29 is 4.74 Å². The Morgan fingerprint density at radius 2 is 2.57 bits per heavy atom. The third kappa shape index (κ3) is 3.54. The van der Waals surface area contributed by atoms with Gasteiger partial charge in [0.05, 0.1) is 12.9 Å². The van der Waals surface area contributed by atoms with Crippen LogP contribution in [0.15, 0.2) is 24.5 Å². The van der Waals surface area contributed by atoms with Gasteiger partial charge in [-0.1, -0.05) is 13.0 Å². The molecule has 2 heteroatoms. The summed E-state index contributed by atoms with van der Waals surface area (Å²) in [5.41, 5.74) is 1.39. The molecule has 2 nitrogen and oxygen atoms in total. The molecule has 80 valence electrons. The van der Waals surface area contributed by atoms with Crippen molar-refractivity contribution in [3.05, 3.63) is 24.5 Å². The van der Waals surface area contributed by atoms with Gasteiger partial charge in [0.2, 0.25) is 0 Å². The Balaban J connectivity index is 2.46. The van der Waals surface area contributed by atoms with Crippen LogP contribution in [0.3, 0.4) is 0 Å². The van der Waals surface area contributed by atoms with Crippen LogP contribution < -0.4 is 5.32 Å². The summed E-state index contributed by atoms with van der Waals surface area (Å²) < 4.78 is 5.35. The van der Waals surface area contributed by atoms with Gasteiger partial charge in [-0.3, -0.25) is 0 Å². The number of rotatable bonds is 6. The van der Waals surface area contributed by atoms with Crippen LogP contribution in [0.25, 0.3) is 0 Å². The average molecular weight is 195 g/mol. The minimum absolute atomic E-state index is 0.438. The van der Waals surface area contributed by atoms with Crippen molar-refractivity contribution in [3.8, 4) is 0 Å². The Kier molecular flexibility index (Phi) is 5.38. The highest BCUT2D eigenvalue weighted by Gasteiger charge is 2.14. The quantitative estimate of drug-likeness (QED) is 0.658. The minimum Gasteiger partial charge on any atom is -0.501 e. The van der Waals surface area contributed by atoms with E-state index in [-0.39, 0.29) is 0 Å². The van der Waals surface area contributed by atoms with E-state index in [1.807, 2.05) is 12.3 Å². The fourth-order valence-electron chi connectivity index (χ4n) is 1.69. The fraction of sp³-hybridized carbons (Fsp3) is 0.667. The van der Waals surface area contributed by atoms with E-state index >= 15 is 0 Å². The zero-order valence-electron chi connectivity index (χ0n) is 9.09. The minimum atomic E-state index is 0.438. The number of hydrogen-bond acceptors (Lipinski definition) is 2. The zero-order valence-corrected chi connectivity index (χ0v) is 9.09. The van der Waals surface area contributed by atoms with Gasteiger partial charge in [0, 0.05) is 6.04 Å². The van der Waals surface area contributed by atoms with E-state index in [9.17, 15) is 0 Å². The van der Waals surface area contributed by atoms with Crippen LogP contribution in [0.4, 0.5) is 0 Å². The Morgan fingerprint density at radius 3 is 3.14 bits per heavy atom. The monoisotopic (exact) mass is 195 g/mol. The van der Waals surface area contributed by atoms with Crippen LogP contribution in [0.2, 0.25) is 0 Å². The summed E-state index contributed by atoms with van der Waals surface area (Å²) in [4.78, 5) is 0. The van der Waals surface area contributed by atoms with Gasteiger partial charge in [0.25, 0.3) is 0 Å². The smallest absolute Gasteiger partial charge is 0.0876 e. The molecule has 1 rings (SSSR count). The topological polar surface area (TPSA) is 21.3 Å². The lowest BCUT2D eigenvalue weighted by molar-refractivity contribution is 0.219. The second kappa shape index (κ2) is 6.66. The van der Waals surface area contributed by atoms with E-state index < -0.39 is 0 Å². The molecule has 1 aliphatic rings. The van der Waals surface area contributed by atoms with Crippen molar-refractivity contribution >= 4 is 0 Å². The number of hydrogen-bond donors (Lipinski definition) is 1. The summed E-state index contributed by atoms with van der Waals surface area (Å²) in [5, 5.41) is 3.52. The predicted octanol–water partition coefficient (Wildman–Crippen LogP) is 2.63. The normalized spacial score (nSPS) is 18.2. The van der Waals surface area contributed by atoms with Crippen molar-refractivity contribution in [2.24, 2.45) is 0 Å². The maximum atomic E-state index is 5.35. The maximum Gasteiger partial charge on any atom is 0.0876 e. The Bertz CT molecular complexity index is 198. The first-order chi connectivity index (χ1) is 6.88. The number of nitrogens with one attached hydrogen (secondary N) is 1. The molecule has 1 unspecified atom stereocenters. The van der Waals surface area contributed by atoms with Crippen LogP contribution in [-0.4, -0.2) is 19.2 Å². The SMILES string of the molecule is C=CCC(NCCC)C1=COCCC1. The molecule has 0 bridgehead atoms. The first kappa shape index (κ1) is 11.3. The summed E-state index contributed by atoms with van der Waals surface area (Å²) in [6.45, 7) is 7.92. The average Bonchev–Trinajstić information content (AvgIpc) is 2.25. The van der Waals surface area contributed by atoms with Crippen molar-refractivity contribution in [2.45, 2.75) is 38.6 Å². The first-order valence-corrected chi connectivity index (χ1v) is 5.53. The molecule has 0 saturated carbocycles. The molecule has 0 amide bonds. The molecule has 1 aliphatic heterocycles. The van der Waals surface area contributed by atoms with Gasteiger partial charge in [-0.05, 0) is 37.8 Å². The molecule has 1 N–H and O–H groups in total. The van der Waals surface area contributed by atoms with Crippen LogP contribution in [0, 0.1) is 0 Å². The van der Waals surface area contributed by atoms with Crippen molar-refractivity contribution in [2.75, 3.05) is 13.2 Å². The van der Waals surface area contributed by atoms with E-state index in [0.29, 0.717) is 6.04 Å². The van der Waals surface area contributed by atoms with Crippen molar-refractivity contribution in [1.82, 2.24) is 5.32 Å². The lowest BCUT2D eigenvalue weighted by atomic mass is 9.99. The van der Waals surface area contributed by atoms with E-state index in [2.05, 4.69) is 18.8 Å². The van der Waals surface area contributed by atoms with Crippen molar-refractivity contribution in [3.63, 3.8) is 0 Å². The highest BCUT2D eigenvalue weighted by atomic mass is 16.5. The molecule has 0 aromatic rings. The Labute approximate surface area is 87.0 Å². The van der Waals surface area contributed by atoms with Gasteiger partial charge < -0.3 is 10.1 Å². The summed E-state index contributed by atoms with van der Waals surface area (Å²) in [6, 6.07) is 0.438.